The van der Waals surface area contributed by atoms with Crippen LogP contribution in [-0.4, -0.2) is 37.1 Å². The van der Waals surface area contributed by atoms with Gasteiger partial charge in [0.25, 0.3) is 0 Å². The molecule has 4 nitrogen and oxygen atoms in total. The van der Waals surface area contributed by atoms with Gasteiger partial charge in [0, 0.05) is 29.4 Å². The molecule has 0 fully saturated rings. The monoisotopic (exact) mass is 276 g/mol. The normalized spacial score (nSPS) is 12.4. The van der Waals surface area contributed by atoms with Gasteiger partial charge >= 0.3 is 0 Å². The maximum absolute atomic E-state index is 9.90. The first-order valence-electron chi connectivity index (χ1n) is 6.62. The molecule has 2 rings (SSSR count). The lowest BCUT2D eigenvalue weighted by molar-refractivity contribution is 0.132. The van der Waals surface area contributed by atoms with E-state index in [0.717, 1.165) is 27.8 Å². The van der Waals surface area contributed by atoms with Gasteiger partial charge in [-0.15, -0.1) is 0 Å². The van der Waals surface area contributed by atoms with Crippen LogP contribution < -0.4 is 9.47 Å². The van der Waals surface area contributed by atoms with Crippen molar-refractivity contribution in [2.24, 2.45) is 0 Å². The number of rotatable bonds is 6. The highest BCUT2D eigenvalue weighted by Gasteiger charge is 2.15. The van der Waals surface area contributed by atoms with Gasteiger partial charge in [-0.25, -0.2) is 0 Å². The zero-order valence-corrected chi connectivity index (χ0v) is 11.8. The van der Waals surface area contributed by atoms with Gasteiger partial charge in [-0.1, -0.05) is 24.3 Å². The molecule has 0 radical (unpaired) electrons. The zero-order chi connectivity index (χ0) is 14.5. The Bertz CT molecular complexity index is 580. The third-order valence-corrected chi connectivity index (χ3v) is 3.38. The first kappa shape index (κ1) is 14.6. The Morgan fingerprint density at radius 1 is 1.10 bits per heavy atom. The molecule has 2 aromatic carbocycles. The van der Waals surface area contributed by atoms with Crippen molar-refractivity contribution in [2.45, 2.75) is 18.9 Å². The second-order valence-corrected chi connectivity index (χ2v) is 4.69. The van der Waals surface area contributed by atoms with E-state index in [-0.39, 0.29) is 6.61 Å². The van der Waals surface area contributed by atoms with Crippen molar-refractivity contribution in [3.8, 4) is 11.5 Å². The van der Waals surface area contributed by atoms with Gasteiger partial charge in [-0.2, -0.15) is 0 Å². The van der Waals surface area contributed by atoms with Crippen molar-refractivity contribution < 1.29 is 19.7 Å². The first-order valence-corrected chi connectivity index (χ1v) is 6.62. The fourth-order valence-corrected chi connectivity index (χ4v) is 2.44. The largest absolute Gasteiger partial charge is 0.496 e. The van der Waals surface area contributed by atoms with Crippen LogP contribution in [0.2, 0.25) is 0 Å². The molecule has 108 valence electrons. The number of fused-ring (bicyclic) bond motifs is 1. The number of hydrogen-bond donors (Lipinski definition) is 2. The molecule has 0 heterocycles. The molecule has 4 heteroatoms. The standard InChI is InChI=1S/C16H20O4/c1-19-15-10-11(9-12(18)7-8-17)16(20-2)14-6-4-3-5-13(14)15/h3-6,10,12,17-18H,7-9H2,1-2H3/t12-/m0/s1. The number of methoxy groups -OCH3 is 2. The fraction of sp³-hybridized carbons (Fsp3) is 0.375. The summed E-state index contributed by atoms with van der Waals surface area (Å²) in [6.45, 7) is -0.0335. The molecule has 2 aromatic rings. The van der Waals surface area contributed by atoms with Crippen LogP contribution in [0.15, 0.2) is 30.3 Å². The van der Waals surface area contributed by atoms with Crippen molar-refractivity contribution in [1.29, 1.82) is 0 Å². The van der Waals surface area contributed by atoms with Crippen molar-refractivity contribution in [3.63, 3.8) is 0 Å². The van der Waals surface area contributed by atoms with Gasteiger partial charge in [-0.05, 0) is 12.5 Å². The second kappa shape index (κ2) is 6.59. The number of hydrogen-bond acceptors (Lipinski definition) is 4. The molecule has 1 atom stereocenters. The van der Waals surface area contributed by atoms with Crippen molar-refractivity contribution in [2.75, 3.05) is 20.8 Å². The molecule has 0 aliphatic carbocycles. The minimum atomic E-state index is -0.597. The zero-order valence-electron chi connectivity index (χ0n) is 11.8. The Kier molecular flexibility index (Phi) is 4.82. The van der Waals surface area contributed by atoms with Crippen LogP contribution in [-0.2, 0) is 6.42 Å². The third-order valence-electron chi connectivity index (χ3n) is 3.38. The van der Waals surface area contributed by atoms with E-state index in [2.05, 4.69) is 0 Å². The molecule has 0 saturated carbocycles. The average molecular weight is 276 g/mol. The summed E-state index contributed by atoms with van der Waals surface area (Å²) in [6, 6.07) is 9.73. The highest BCUT2D eigenvalue weighted by Crippen LogP contribution is 2.37. The van der Waals surface area contributed by atoms with E-state index in [0.29, 0.717) is 12.8 Å². The molecule has 0 aliphatic heterocycles. The maximum atomic E-state index is 9.90. The number of aliphatic hydroxyl groups is 2. The number of benzene rings is 2. The van der Waals surface area contributed by atoms with Gasteiger partial charge in [0.1, 0.15) is 11.5 Å². The molecule has 0 amide bonds. The summed E-state index contributed by atoms with van der Waals surface area (Å²) >= 11 is 0. The van der Waals surface area contributed by atoms with E-state index in [1.807, 2.05) is 30.3 Å². The predicted octanol–water partition coefficient (Wildman–Crippen LogP) is 2.14. The predicted molar refractivity (Wildman–Crippen MR) is 78.5 cm³/mol. The van der Waals surface area contributed by atoms with Crippen LogP contribution in [0.4, 0.5) is 0 Å². The Balaban J connectivity index is 2.53. The van der Waals surface area contributed by atoms with Crippen LogP contribution in [0.25, 0.3) is 10.8 Å². The molecule has 0 aromatic heterocycles. The van der Waals surface area contributed by atoms with Crippen LogP contribution in [0.5, 0.6) is 11.5 Å². The lowest BCUT2D eigenvalue weighted by Gasteiger charge is -2.17. The smallest absolute Gasteiger partial charge is 0.130 e. The summed E-state index contributed by atoms with van der Waals surface area (Å²) in [4.78, 5) is 0. The summed E-state index contributed by atoms with van der Waals surface area (Å²) in [5, 5.41) is 20.7. The lowest BCUT2D eigenvalue weighted by Crippen LogP contribution is -2.13. The number of aliphatic hydroxyl groups excluding tert-OH is 2. The highest BCUT2D eigenvalue weighted by atomic mass is 16.5. The summed E-state index contributed by atoms with van der Waals surface area (Å²) in [5.74, 6) is 1.51. The minimum Gasteiger partial charge on any atom is -0.496 e. The molecule has 0 spiro atoms. The highest BCUT2D eigenvalue weighted by molar-refractivity contribution is 5.94. The summed E-state index contributed by atoms with van der Waals surface area (Å²) < 4.78 is 10.9. The van der Waals surface area contributed by atoms with Crippen LogP contribution in [0, 0.1) is 0 Å². The summed E-state index contributed by atoms with van der Waals surface area (Å²) in [6.07, 6.45) is 0.170. The van der Waals surface area contributed by atoms with E-state index in [9.17, 15) is 5.11 Å². The Morgan fingerprint density at radius 3 is 2.40 bits per heavy atom. The van der Waals surface area contributed by atoms with Gasteiger partial charge in [0.2, 0.25) is 0 Å². The van der Waals surface area contributed by atoms with Gasteiger partial charge < -0.3 is 19.7 Å². The first-order chi connectivity index (χ1) is 9.71. The Labute approximate surface area is 118 Å². The molecule has 0 bridgehead atoms. The Hall–Kier alpha value is -1.78. The lowest BCUT2D eigenvalue weighted by atomic mass is 9.99. The molecular weight excluding hydrogens is 256 g/mol. The minimum absolute atomic E-state index is 0.0335. The maximum Gasteiger partial charge on any atom is 0.130 e. The summed E-state index contributed by atoms with van der Waals surface area (Å²) in [5.41, 5.74) is 0.879. The number of ether oxygens (including phenoxy) is 2. The van der Waals surface area contributed by atoms with Crippen LogP contribution in [0.1, 0.15) is 12.0 Å². The van der Waals surface area contributed by atoms with Gasteiger partial charge in [0.15, 0.2) is 0 Å². The van der Waals surface area contributed by atoms with Crippen LogP contribution in [0.3, 0.4) is 0 Å². The Morgan fingerprint density at radius 2 is 1.80 bits per heavy atom. The molecule has 2 N–H and O–H groups in total. The van der Waals surface area contributed by atoms with Gasteiger partial charge in [0.05, 0.1) is 20.3 Å². The molecule has 0 unspecified atom stereocenters. The SMILES string of the molecule is COc1cc(C[C@@H](O)CCO)c(OC)c2ccccc12. The third kappa shape index (κ3) is 2.86. The van der Waals surface area contributed by atoms with E-state index in [4.69, 9.17) is 14.6 Å². The van der Waals surface area contributed by atoms with Crippen LogP contribution >= 0.6 is 0 Å². The van der Waals surface area contributed by atoms with E-state index in [1.165, 1.54) is 0 Å². The van der Waals surface area contributed by atoms with E-state index in [1.54, 1.807) is 14.2 Å². The molecule has 20 heavy (non-hydrogen) atoms. The van der Waals surface area contributed by atoms with Crippen molar-refractivity contribution in [1.82, 2.24) is 0 Å². The second-order valence-electron chi connectivity index (χ2n) is 4.69. The molecular formula is C16H20O4. The average Bonchev–Trinajstić information content (AvgIpc) is 2.46. The van der Waals surface area contributed by atoms with E-state index < -0.39 is 6.10 Å². The summed E-state index contributed by atoms with van der Waals surface area (Å²) in [7, 11) is 3.25. The topological polar surface area (TPSA) is 58.9 Å². The van der Waals surface area contributed by atoms with Crippen molar-refractivity contribution >= 4 is 10.8 Å². The molecule has 0 aliphatic rings. The molecule has 0 saturated heterocycles. The van der Waals surface area contributed by atoms with Crippen molar-refractivity contribution in [3.05, 3.63) is 35.9 Å². The fourth-order valence-electron chi connectivity index (χ4n) is 2.44. The quantitative estimate of drug-likeness (QED) is 0.848. The van der Waals surface area contributed by atoms with Gasteiger partial charge in [-0.3, -0.25) is 0 Å². The van der Waals surface area contributed by atoms with E-state index >= 15 is 0 Å².